The van der Waals surface area contributed by atoms with Crippen molar-refractivity contribution in [1.29, 1.82) is 0 Å². The number of nitrogens with zero attached hydrogens (tertiary/aromatic N) is 4. The average molecular weight is 451 g/mol. The minimum Gasteiger partial charge on any atom is -0.381 e. The summed E-state index contributed by atoms with van der Waals surface area (Å²) in [5.41, 5.74) is 2.93. The zero-order chi connectivity index (χ0) is 21.6. The van der Waals surface area contributed by atoms with Crippen molar-refractivity contribution in [3.8, 4) is 0 Å². The van der Waals surface area contributed by atoms with Gasteiger partial charge in [-0.25, -0.2) is 4.99 Å². The van der Waals surface area contributed by atoms with Gasteiger partial charge in [0.15, 0.2) is 0 Å². The molecule has 3 rings (SSSR count). The lowest BCUT2D eigenvalue weighted by molar-refractivity contribution is 0.0990. The summed E-state index contributed by atoms with van der Waals surface area (Å²) < 4.78 is 5.63. The first-order valence-corrected chi connectivity index (χ1v) is 11.7. The summed E-state index contributed by atoms with van der Waals surface area (Å²) >= 11 is 7.93. The Morgan fingerprint density at radius 3 is 2.77 bits per heavy atom. The monoisotopic (exact) mass is 450 g/mol. The van der Waals surface area contributed by atoms with Gasteiger partial charge >= 0.3 is 0 Å². The number of rotatable bonds is 6. The summed E-state index contributed by atoms with van der Waals surface area (Å²) in [4.78, 5) is 23.6. The molecule has 0 saturated carbocycles. The number of halogens is 1. The fourth-order valence-corrected chi connectivity index (χ4v) is 5.34. The van der Waals surface area contributed by atoms with E-state index in [1.165, 1.54) is 0 Å². The molecule has 0 N–H and O–H groups in total. The van der Waals surface area contributed by atoms with Gasteiger partial charge in [0.25, 0.3) is 0 Å². The van der Waals surface area contributed by atoms with Crippen molar-refractivity contribution in [3.05, 3.63) is 38.4 Å². The predicted octanol–water partition coefficient (Wildman–Crippen LogP) is 5.51. The van der Waals surface area contributed by atoms with Crippen LogP contribution in [0.2, 0.25) is 0 Å². The number of likely N-dealkylation sites (tertiary alicyclic amines) is 1. The maximum atomic E-state index is 11.1. The van der Waals surface area contributed by atoms with Crippen molar-refractivity contribution in [3.63, 3.8) is 0 Å². The molecule has 0 radical (unpaired) electrons. The summed E-state index contributed by atoms with van der Waals surface area (Å²) in [5.74, 6) is 0. The van der Waals surface area contributed by atoms with E-state index in [-0.39, 0.29) is 6.54 Å². The van der Waals surface area contributed by atoms with Crippen LogP contribution in [-0.2, 0) is 4.74 Å². The molecule has 0 unspecified atom stereocenters. The minimum atomic E-state index is 0.0421. The summed E-state index contributed by atoms with van der Waals surface area (Å²) in [6.45, 7) is 7.68. The van der Waals surface area contributed by atoms with Gasteiger partial charge in [-0.1, -0.05) is 34.6 Å². The molecule has 2 heterocycles. The number of hydrogen-bond acceptors (Lipinski definition) is 7. The second-order valence-electron chi connectivity index (χ2n) is 8.21. The standard InChI is InChI=1S/C22H31ClN4O2S/c1-16-19(23)5-4-6-20(16)30-21(17(2)24-3)26-18(13-25-28)14-27-10-7-22(8-11-27)9-12-29-15-22/h6,14H,4-5,7-13,15H2,1-3H3/b18-14+,24-17?,26-21?. The SMILES string of the molecule is CN=C(C)C(=N/C(=C/N1CCC2(CCOC2)CC1)CN=O)SC1=CCCC(Cl)=C1C. The molecule has 30 heavy (non-hydrogen) atoms. The number of nitroso groups, excluding NO2 is 1. The zero-order valence-corrected chi connectivity index (χ0v) is 19.7. The van der Waals surface area contributed by atoms with Crippen molar-refractivity contribution in [2.24, 2.45) is 20.6 Å². The van der Waals surface area contributed by atoms with Crippen LogP contribution in [0.4, 0.5) is 0 Å². The van der Waals surface area contributed by atoms with Crippen LogP contribution >= 0.6 is 23.4 Å². The van der Waals surface area contributed by atoms with Crippen LogP contribution in [0.25, 0.3) is 0 Å². The number of allylic oxidation sites excluding steroid dienone is 3. The molecule has 2 saturated heterocycles. The fraction of sp³-hybridized carbons (Fsp3) is 0.636. The van der Waals surface area contributed by atoms with E-state index < -0.39 is 0 Å². The number of hydrogen-bond donors (Lipinski definition) is 0. The molecule has 164 valence electrons. The Kier molecular flexibility index (Phi) is 8.31. The van der Waals surface area contributed by atoms with Crippen LogP contribution in [0.1, 0.15) is 46.0 Å². The topological polar surface area (TPSA) is 66.6 Å². The normalized spacial score (nSPS) is 23.3. The van der Waals surface area contributed by atoms with Crippen LogP contribution in [0.15, 0.2) is 48.6 Å². The van der Waals surface area contributed by atoms with E-state index in [2.05, 4.69) is 21.1 Å². The van der Waals surface area contributed by atoms with E-state index in [1.54, 1.807) is 18.8 Å². The van der Waals surface area contributed by atoms with Gasteiger partial charge in [0.05, 0.1) is 18.0 Å². The van der Waals surface area contributed by atoms with Crippen LogP contribution in [0, 0.1) is 10.3 Å². The fourth-order valence-electron chi connectivity index (χ4n) is 3.98. The van der Waals surface area contributed by atoms with Crippen molar-refractivity contribution >= 4 is 34.1 Å². The van der Waals surface area contributed by atoms with Crippen LogP contribution < -0.4 is 0 Å². The van der Waals surface area contributed by atoms with Crippen molar-refractivity contribution in [1.82, 2.24) is 4.90 Å². The quantitative estimate of drug-likeness (QED) is 0.304. The summed E-state index contributed by atoms with van der Waals surface area (Å²) in [7, 11) is 1.76. The second-order valence-corrected chi connectivity index (χ2v) is 9.70. The van der Waals surface area contributed by atoms with Crippen molar-refractivity contribution < 1.29 is 4.74 Å². The first-order valence-electron chi connectivity index (χ1n) is 10.5. The number of piperidine rings is 1. The predicted molar refractivity (Wildman–Crippen MR) is 127 cm³/mol. The first kappa shape index (κ1) is 23.2. The third-order valence-corrected chi connectivity index (χ3v) is 7.91. The van der Waals surface area contributed by atoms with Gasteiger partial charge in [-0.3, -0.25) is 4.99 Å². The lowest BCUT2D eigenvalue weighted by Gasteiger charge is -2.38. The maximum absolute atomic E-state index is 11.1. The largest absolute Gasteiger partial charge is 0.381 e. The smallest absolute Gasteiger partial charge is 0.125 e. The highest BCUT2D eigenvalue weighted by molar-refractivity contribution is 8.19. The highest BCUT2D eigenvalue weighted by Crippen LogP contribution is 2.39. The Morgan fingerprint density at radius 1 is 1.37 bits per heavy atom. The Hall–Kier alpha value is -1.44. The Labute approximate surface area is 188 Å². The molecule has 2 aliphatic heterocycles. The molecular formula is C22H31ClN4O2S. The third-order valence-electron chi connectivity index (χ3n) is 6.17. The molecular weight excluding hydrogens is 420 g/mol. The molecule has 0 aromatic rings. The van der Waals surface area contributed by atoms with E-state index >= 15 is 0 Å². The lowest BCUT2D eigenvalue weighted by Crippen LogP contribution is -2.38. The summed E-state index contributed by atoms with van der Waals surface area (Å²) in [6.07, 6.45) is 9.38. The highest BCUT2D eigenvalue weighted by Gasteiger charge is 2.37. The van der Waals surface area contributed by atoms with E-state index in [9.17, 15) is 4.91 Å². The second kappa shape index (κ2) is 10.7. The van der Waals surface area contributed by atoms with Crippen LogP contribution in [-0.4, -0.2) is 55.6 Å². The van der Waals surface area contributed by atoms with Gasteiger partial charge in [0, 0.05) is 42.9 Å². The maximum Gasteiger partial charge on any atom is 0.125 e. The van der Waals surface area contributed by atoms with Crippen LogP contribution in [0.3, 0.4) is 0 Å². The highest BCUT2D eigenvalue weighted by atomic mass is 35.5. The van der Waals surface area contributed by atoms with Gasteiger partial charge in [-0.05, 0) is 56.9 Å². The molecule has 0 bridgehead atoms. The Morgan fingerprint density at radius 2 is 2.13 bits per heavy atom. The molecule has 1 aliphatic carbocycles. The van der Waals surface area contributed by atoms with Gasteiger partial charge < -0.3 is 9.64 Å². The lowest BCUT2D eigenvalue weighted by atomic mass is 9.78. The number of ether oxygens (including phenoxy) is 1. The van der Waals surface area contributed by atoms with Gasteiger partial charge in [-0.15, -0.1) is 0 Å². The molecule has 0 amide bonds. The summed E-state index contributed by atoms with van der Waals surface area (Å²) in [5, 5.41) is 4.80. The number of aliphatic imine (C=N–C) groups is 2. The third kappa shape index (κ3) is 5.83. The zero-order valence-electron chi connectivity index (χ0n) is 18.1. The summed E-state index contributed by atoms with van der Waals surface area (Å²) in [6, 6.07) is 0. The van der Waals surface area contributed by atoms with Crippen LogP contribution in [0.5, 0.6) is 0 Å². The van der Waals surface area contributed by atoms with E-state index in [1.807, 2.05) is 20.0 Å². The molecule has 0 aromatic heterocycles. The molecule has 0 aromatic carbocycles. The van der Waals surface area contributed by atoms with Gasteiger partial charge in [0.1, 0.15) is 11.6 Å². The van der Waals surface area contributed by atoms with Gasteiger partial charge in [-0.2, -0.15) is 4.91 Å². The average Bonchev–Trinajstić information content (AvgIpc) is 3.20. The molecule has 8 heteroatoms. The van der Waals surface area contributed by atoms with Crippen molar-refractivity contribution in [2.75, 3.05) is 39.9 Å². The Bertz CT molecular complexity index is 800. The van der Waals surface area contributed by atoms with Crippen molar-refractivity contribution in [2.45, 2.75) is 46.0 Å². The minimum absolute atomic E-state index is 0.0421. The van der Waals surface area contributed by atoms with E-state index in [0.717, 1.165) is 84.7 Å². The van der Waals surface area contributed by atoms with E-state index in [0.29, 0.717) is 11.1 Å². The molecule has 0 atom stereocenters. The molecule has 2 fully saturated rings. The van der Waals surface area contributed by atoms with E-state index in [4.69, 9.17) is 21.3 Å². The molecule has 1 spiro atoms. The van der Waals surface area contributed by atoms with Gasteiger partial charge in [0.2, 0.25) is 0 Å². The number of thioether (sulfide) groups is 1. The molecule has 6 nitrogen and oxygen atoms in total. The Balaban J connectivity index is 1.78. The molecule has 3 aliphatic rings. The first-order chi connectivity index (χ1) is 14.5.